The average Bonchev–Trinajstić information content (AvgIpc) is 2.44. The number of nitrogens with one attached hydrogen (secondary N) is 1. The minimum Gasteiger partial charge on any atom is -0.394 e. The van der Waals surface area contributed by atoms with E-state index in [0.717, 1.165) is 6.26 Å². The third kappa shape index (κ3) is 4.26. The highest BCUT2D eigenvalue weighted by Gasteiger charge is 2.31. The number of benzene rings is 1. The Kier molecular flexibility index (Phi) is 5.54. The normalized spacial score (nSPS) is 13.3. The molecule has 0 heterocycles. The van der Waals surface area contributed by atoms with Gasteiger partial charge in [-0.1, -0.05) is 13.8 Å². The maximum Gasteiger partial charge on any atom is 0.241 e. The van der Waals surface area contributed by atoms with E-state index in [1.807, 2.05) is 0 Å². The predicted octanol–water partition coefficient (Wildman–Crippen LogP) is 0.920. The fourth-order valence-corrected chi connectivity index (χ4v) is 4.03. The van der Waals surface area contributed by atoms with Crippen LogP contribution in [0.4, 0.5) is 0 Å². The Balaban J connectivity index is 3.14. The zero-order valence-corrected chi connectivity index (χ0v) is 14.0. The summed E-state index contributed by atoms with van der Waals surface area (Å²) in [4.78, 5) is 0.0236. The fourth-order valence-electron chi connectivity index (χ4n) is 1.86. The second-order valence-corrected chi connectivity index (χ2v) is 8.69. The van der Waals surface area contributed by atoms with E-state index in [4.69, 9.17) is 0 Å². The zero-order valence-electron chi connectivity index (χ0n) is 12.3. The van der Waals surface area contributed by atoms with E-state index < -0.39 is 25.4 Å². The molecule has 1 rings (SSSR count). The third-order valence-electron chi connectivity index (χ3n) is 3.57. The van der Waals surface area contributed by atoms with Crippen LogP contribution in [0.25, 0.3) is 0 Å². The molecule has 0 bridgehead atoms. The van der Waals surface area contributed by atoms with Crippen LogP contribution in [0.2, 0.25) is 0 Å². The quantitative estimate of drug-likeness (QED) is 0.772. The number of hydrogen-bond acceptors (Lipinski definition) is 5. The standard InChI is InChI=1S/C13H21NO5S2/c1-4-13(5-2,10-15)14-21(18,19)12-8-6-11(7-9-12)20(3,16)17/h6-9,14-15H,4-5,10H2,1-3H3. The lowest BCUT2D eigenvalue weighted by atomic mass is 9.96. The Morgan fingerprint density at radius 1 is 1.00 bits per heavy atom. The minimum absolute atomic E-state index is 0.0328. The summed E-state index contributed by atoms with van der Waals surface area (Å²) in [6, 6.07) is 4.99. The van der Waals surface area contributed by atoms with Crippen LogP contribution in [0.5, 0.6) is 0 Å². The molecule has 6 nitrogen and oxygen atoms in total. The molecular weight excluding hydrogens is 314 g/mol. The van der Waals surface area contributed by atoms with Gasteiger partial charge in [-0.2, -0.15) is 0 Å². The van der Waals surface area contributed by atoms with Gasteiger partial charge in [-0.15, -0.1) is 0 Å². The number of sulfonamides is 1. The minimum atomic E-state index is -3.82. The van der Waals surface area contributed by atoms with Crippen LogP contribution in [0.15, 0.2) is 34.1 Å². The lowest BCUT2D eigenvalue weighted by molar-refractivity contribution is 0.172. The molecule has 0 aliphatic carbocycles. The highest BCUT2D eigenvalue weighted by molar-refractivity contribution is 7.90. The van der Waals surface area contributed by atoms with E-state index >= 15 is 0 Å². The molecule has 0 amide bonds. The van der Waals surface area contributed by atoms with Crippen molar-refractivity contribution in [2.45, 2.75) is 42.0 Å². The Morgan fingerprint density at radius 2 is 1.43 bits per heavy atom. The second-order valence-electron chi connectivity index (χ2n) is 4.99. The van der Waals surface area contributed by atoms with Crippen LogP contribution < -0.4 is 4.72 Å². The van der Waals surface area contributed by atoms with Crippen molar-refractivity contribution in [3.8, 4) is 0 Å². The van der Waals surface area contributed by atoms with Crippen molar-refractivity contribution in [3.05, 3.63) is 24.3 Å². The molecule has 0 aromatic heterocycles. The second kappa shape index (κ2) is 6.43. The molecule has 1 aromatic carbocycles. The number of hydrogen-bond donors (Lipinski definition) is 2. The topological polar surface area (TPSA) is 101 Å². The van der Waals surface area contributed by atoms with Gasteiger partial charge < -0.3 is 5.11 Å². The lowest BCUT2D eigenvalue weighted by Crippen LogP contribution is -2.50. The smallest absolute Gasteiger partial charge is 0.241 e. The van der Waals surface area contributed by atoms with E-state index in [0.29, 0.717) is 12.8 Å². The Bertz CT molecular complexity index is 666. The van der Waals surface area contributed by atoms with E-state index in [1.165, 1.54) is 24.3 Å². The number of aliphatic hydroxyl groups excluding tert-OH is 1. The summed E-state index contributed by atoms with van der Waals surface area (Å²) in [7, 11) is -7.19. The molecule has 0 aliphatic heterocycles. The van der Waals surface area contributed by atoms with Gasteiger partial charge in [-0.3, -0.25) is 0 Å². The predicted molar refractivity (Wildman–Crippen MR) is 80.3 cm³/mol. The summed E-state index contributed by atoms with van der Waals surface area (Å²) in [6.07, 6.45) is 1.95. The molecule has 0 spiro atoms. The fraction of sp³-hybridized carbons (Fsp3) is 0.538. The van der Waals surface area contributed by atoms with Crippen LogP contribution in [0, 0.1) is 0 Å². The van der Waals surface area contributed by atoms with Gasteiger partial charge in [0.25, 0.3) is 0 Å². The zero-order chi connectivity index (χ0) is 16.3. The number of sulfone groups is 1. The van der Waals surface area contributed by atoms with Crippen molar-refractivity contribution >= 4 is 19.9 Å². The molecule has 120 valence electrons. The molecule has 0 aliphatic rings. The molecule has 0 unspecified atom stereocenters. The van der Waals surface area contributed by atoms with Crippen molar-refractivity contribution in [1.29, 1.82) is 0 Å². The molecule has 8 heteroatoms. The largest absolute Gasteiger partial charge is 0.394 e. The van der Waals surface area contributed by atoms with Crippen molar-refractivity contribution < 1.29 is 21.9 Å². The highest BCUT2D eigenvalue weighted by atomic mass is 32.2. The third-order valence-corrected chi connectivity index (χ3v) is 6.29. The van der Waals surface area contributed by atoms with Crippen LogP contribution in [0.3, 0.4) is 0 Å². The van der Waals surface area contributed by atoms with Gasteiger partial charge >= 0.3 is 0 Å². The monoisotopic (exact) mass is 335 g/mol. The molecule has 0 radical (unpaired) electrons. The van der Waals surface area contributed by atoms with Crippen molar-refractivity contribution in [3.63, 3.8) is 0 Å². The Labute approximate surface area is 126 Å². The lowest BCUT2D eigenvalue weighted by Gasteiger charge is -2.30. The van der Waals surface area contributed by atoms with Gasteiger partial charge in [0.1, 0.15) is 0 Å². The SMILES string of the molecule is CCC(CC)(CO)NS(=O)(=O)c1ccc(S(C)(=O)=O)cc1. The van der Waals surface area contributed by atoms with E-state index in [1.54, 1.807) is 13.8 Å². The first kappa shape index (κ1) is 18.1. The first-order valence-electron chi connectivity index (χ1n) is 6.55. The van der Waals surface area contributed by atoms with Crippen molar-refractivity contribution in [2.24, 2.45) is 0 Å². The summed E-state index contributed by atoms with van der Waals surface area (Å²) < 4.78 is 49.9. The molecule has 21 heavy (non-hydrogen) atoms. The van der Waals surface area contributed by atoms with Gasteiger partial charge in [0, 0.05) is 6.26 Å². The maximum atomic E-state index is 12.3. The van der Waals surface area contributed by atoms with Crippen molar-refractivity contribution in [1.82, 2.24) is 4.72 Å². The van der Waals surface area contributed by atoms with E-state index in [2.05, 4.69) is 4.72 Å². The van der Waals surface area contributed by atoms with Gasteiger partial charge in [0.05, 0.1) is 21.9 Å². The molecule has 0 atom stereocenters. The van der Waals surface area contributed by atoms with Gasteiger partial charge in [0.2, 0.25) is 10.0 Å². The average molecular weight is 335 g/mol. The van der Waals surface area contributed by atoms with Crippen LogP contribution >= 0.6 is 0 Å². The Morgan fingerprint density at radius 3 is 1.76 bits per heavy atom. The van der Waals surface area contributed by atoms with E-state index in [-0.39, 0.29) is 16.4 Å². The molecule has 0 saturated carbocycles. The molecule has 2 N–H and O–H groups in total. The summed E-state index contributed by atoms with van der Waals surface area (Å²) in [6.45, 7) is 3.27. The van der Waals surface area contributed by atoms with E-state index in [9.17, 15) is 21.9 Å². The molecule has 1 aromatic rings. The highest BCUT2D eigenvalue weighted by Crippen LogP contribution is 2.20. The summed E-state index contributed by atoms with van der Waals surface area (Å²) in [5.41, 5.74) is -0.908. The number of aliphatic hydroxyl groups is 1. The molecular formula is C13H21NO5S2. The molecule has 0 saturated heterocycles. The van der Waals surface area contributed by atoms with Crippen LogP contribution in [-0.4, -0.2) is 40.3 Å². The first-order valence-corrected chi connectivity index (χ1v) is 9.92. The Hall–Kier alpha value is -0.960. The summed E-state index contributed by atoms with van der Waals surface area (Å²) >= 11 is 0. The summed E-state index contributed by atoms with van der Waals surface area (Å²) in [5, 5.41) is 9.43. The number of rotatable bonds is 7. The van der Waals surface area contributed by atoms with Crippen LogP contribution in [-0.2, 0) is 19.9 Å². The first-order chi connectivity index (χ1) is 9.60. The van der Waals surface area contributed by atoms with Crippen molar-refractivity contribution in [2.75, 3.05) is 12.9 Å². The van der Waals surface area contributed by atoms with Gasteiger partial charge in [-0.25, -0.2) is 21.6 Å². The summed E-state index contributed by atoms with van der Waals surface area (Å²) in [5.74, 6) is 0. The van der Waals surface area contributed by atoms with Crippen LogP contribution in [0.1, 0.15) is 26.7 Å². The van der Waals surface area contributed by atoms with Gasteiger partial charge in [-0.05, 0) is 37.1 Å². The maximum absolute atomic E-state index is 12.3. The molecule has 0 fully saturated rings. The van der Waals surface area contributed by atoms with Gasteiger partial charge in [0.15, 0.2) is 9.84 Å².